The van der Waals surface area contributed by atoms with Crippen molar-refractivity contribution in [1.29, 1.82) is 0 Å². The number of amides is 1. The fourth-order valence-corrected chi connectivity index (χ4v) is 4.33. The SMILES string of the molecule is CSCCC(NS(=O)(=O)/C=C/c1ccccc1)C(=O)N(C)CCOc1ccccc1C. The lowest BCUT2D eigenvalue weighted by Gasteiger charge is -2.24. The van der Waals surface area contributed by atoms with Gasteiger partial charge in [0.25, 0.3) is 0 Å². The van der Waals surface area contributed by atoms with E-state index >= 15 is 0 Å². The first-order valence-corrected chi connectivity index (χ1v) is 12.9. The highest BCUT2D eigenvalue weighted by atomic mass is 32.2. The molecule has 1 unspecified atom stereocenters. The highest BCUT2D eigenvalue weighted by Gasteiger charge is 2.25. The molecule has 0 aliphatic carbocycles. The third kappa shape index (κ3) is 8.77. The Morgan fingerprint density at radius 2 is 1.84 bits per heavy atom. The first-order chi connectivity index (χ1) is 14.8. The minimum Gasteiger partial charge on any atom is -0.491 e. The van der Waals surface area contributed by atoms with Crippen LogP contribution < -0.4 is 9.46 Å². The number of rotatable bonds is 12. The van der Waals surface area contributed by atoms with Gasteiger partial charge in [0, 0.05) is 12.5 Å². The molecule has 31 heavy (non-hydrogen) atoms. The van der Waals surface area contributed by atoms with Crippen molar-refractivity contribution in [2.45, 2.75) is 19.4 Å². The average Bonchev–Trinajstić information content (AvgIpc) is 2.76. The zero-order valence-electron chi connectivity index (χ0n) is 18.2. The van der Waals surface area contributed by atoms with Crippen LogP contribution in [0, 0.1) is 6.92 Å². The summed E-state index contributed by atoms with van der Waals surface area (Å²) in [5, 5.41) is 1.10. The van der Waals surface area contributed by atoms with Crippen molar-refractivity contribution in [3.8, 4) is 5.75 Å². The number of hydrogen-bond acceptors (Lipinski definition) is 5. The maximum absolute atomic E-state index is 12.9. The molecule has 0 saturated heterocycles. The van der Waals surface area contributed by atoms with Crippen LogP contribution in [0.15, 0.2) is 60.0 Å². The fraction of sp³-hybridized carbons (Fsp3) is 0.348. The molecule has 6 nitrogen and oxygen atoms in total. The van der Waals surface area contributed by atoms with Crippen molar-refractivity contribution in [1.82, 2.24) is 9.62 Å². The van der Waals surface area contributed by atoms with E-state index in [1.54, 1.807) is 18.8 Å². The van der Waals surface area contributed by atoms with Crippen LogP contribution in [0.4, 0.5) is 0 Å². The quantitative estimate of drug-likeness (QED) is 0.522. The van der Waals surface area contributed by atoms with Gasteiger partial charge in [0.15, 0.2) is 0 Å². The highest BCUT2D eigenvalue weighted by molar-refractivity contribution is 7.98. The molecule has 0 aliphatic rings. The molecule has 0 bridgehead atoms. The van der Waals surface area contributed by atoms with Gasteiger partial charge in [0.05, 0.1) is 6.54 Å². The van der Waals surface area contributed by atoms with Crippen LogP contribution in [0.3, 0.4) is 0 Å². The molecule has 0 spiro atoms. The number of thioether (sulfide) groups is 1. The largest absolute Gasteiger partial charge is 0.491 e. The van der Waals surface area contributed by atoms with Crippen molar-refractivity contribution in [3.05, 3.63) is 71.1 Å². The second-order valence-corrected chi connectivity index (χ2v) is 9.67. The first kappa shape index (κ1) is 25.0. The van der Waals surface area contributed by atoms with Crippen LogP contribution in [0.2, 0.25) is 0 Å². The number of ether oxygens (including phenoxy) is 1. The number of likely N-dealkylation sites (N-methyl/N-ethyl adjacent to an activating group) is 1. The van der Waals surface area contributed by atoms with Crippen molar-refractivity contribution in [2.75, 3.05) is 32.2 Å². The topological polar surface area (TPSA) is 75.7 Å². The summed E-state index contributed by atoms with van der Waals surface area (Å²) in [6.45, 7) is 2.63. The lowest BCUT2D eigenvalue weighted by atomic mass is 10.2. The number of sulfonamides is 1. The molecule has 1 atom stereocenters. The second kappa shape index (κ2) is 12.5. The Kier molecular flexibility index (Phi) is 10.1. The Balaban J connectivity index is 1.98. The standard InChI is InChI=1S/C23H30N2O4S2/c1-19-9-7-8-12-22(19)29-16-15-25(2)23(26)21(13-17-30-3)24-31(27,28)18-14-20-10-5-4-6-11-20/h4-12,14,18,21,24H,13,15-17H2,1-3H3/b18-14+. The van der Waals surface area contributed by atoms with Gasteiger partial charge in [0.1, 0.15) is 18.4 Å². The molecule has 168 valence electrons. The molecule has 0 fully saturated rings. The molecule has 0 aliphatic heterocycles. The molecule has 0 saturated carbocycles. The molecule has 0 aromatic heterocycles. The molecule has 1 amide bonds. The zero-order chi connectivity index (χ0) is 22.7. The van der Waals surface area contributed by atoms with E-state index in [9.17, 15) is 13.2 Å². The molecule has 2 rings (SSSR count). The summed E-state index contributed by atoms with van der Waals surface area (Å²) < 4.78 is 33.4. The molecular formula is C23H30N2O4S2. The van der Waals surface area contributed by atoms with E-state index in [2.05, 4.69) is 4.72 Å². The lowest BCUT2D eigenvalue weighted by Crippen LogP contribution is -2.48. The molecule has 2 aromatic carbocycles. The van der Waals surface area contributed by atoms with Crippen LogP contribution in [-0.2, 0) is 14.8 Å². The lowest BCUT2D eigenvalue weighted by molar-refractivity contribution is -0.132. The number of nitrogens with one attached hydrogen (secondary N) is 1. The number of aryl methyl sites for hydroxylation is 1. The maximum atomic E-state index is 12.9. The second-order valence-electron chi connectivity index (χ2n) is 7.08. The van der Waals surface area contributed by atoms with Gasteiger partial charge in [-0.3, -0.25) is 4.79 Å². The van der Waals surface area contributed by atoms with E-state index in [0.29, 0.717) is 25.3 Å². The average molecular weight is 463 g/mol. The third-order valence-electron chi connectivity index (χ3n) is 4.61. The molecule has 8 heteroatoms. The Hall–Kier alpha value is -2.29. The number of hydrogen-bond donors (Lipinski definition) is 1. The molecule has 0 radical (unpaired) electrons. The number of carbonyl (C=O) groups excluding carboxylic acids is 1. The van der Waals surface area contributed by atoms with Crippen LogP contribution in [-0.4, -0.2) is 57.5 Å². The van der Waals surface area contributed by atoms with Crippen molar-refractivity contribution < 1.29 is 17.9 Å². The summed E-state index contributed by atoms with van der Waals surface area (Å²) in [6, 6.07) is 16.0. The van der Waals surface area contributed by atoms with Crippen LogP contribution >= 0.6 is 11.8 Å². The Morgan fingerprint density at radius 1 is 1.16 bits per heavy atom. The van der Waals surface area contributed by atoms with E-state index in [1.165, 1.54) is 11.0 Å². The number of benzene rings is 2. The molecule has 1 N–H and O–H groups in total. The van der Waals surface area contributed by atoms with Gasteiger partial charge in [-0.25, -0.2) is 8.42 Å². The minimum atomic E-state index is -3.78. The normalized spacial score (nSPS) is 12.6. The van der Waals surface area contributed by atoms with Crippen molar-refractivity contribution >= 4 is 33.8 Å². The molecular weight excluding hydrogens is 432 g/mol. The predicted octanol–water partition coefficient (Wildman–Crippen LogP) is 3.54. The summed E-state index contributed by atoms with van der Waals surface area (Å²) in [4.78, 5) is 14.4. The number of carbonyl (C=O) groups is 1. The van der Waals surface area contributed by atoms with Crippen LogP contribution in [0.5, 0.6) is 5.75 Å². The summed E-state index contributed by atoms with van der Waals surface area (Å²) in [6.07, 6.45) is 3.84. The molecule has 2 aromatic rings. The summed E-state index contributed by atoms with van der Waals surface area (Å²) >= 11 is 1.56. The predicted molar refractivity (Wildman–Crippen MR) is 129 cm³/mol. The van der Waals surface area contributed by atoms with E-state index < -0.39 is 16.1 Å². The van der Waals surface area contributed by atoms with Crippen molar-refractivity contribution in [2.24, 2.45) is 0 Å². The molecule has 0 heterocycles. The summed E-state index contributed by atoms with van der Waals surface area (Å²) in [5.74, 6) is 1.16. The van der Waals surface area contributed by atoms with Gasteiger partial charge in [-0.05, 0) is 48.6 Å². The van der Waals surface area contributed by atoms with Gasteiger partial charge in [-0.2, -0.15) is 16.5 Å². The van der Waals surface area contributed by atoms with Crippen LogP contribution in [0.1, 0.15) is 17.5 Å². The van der Waals surface area contributed by atoms with E-state index in [-0.39, 0.29) is 5.91 Å². The van der Waals surface area contributed by atoms with Gasteiger partial charge in [-0.1, -0.05) is 48.5 Å². The van der Waals surface area contributed by atoms with Gasteiger partial charge in [-0.15, -0.1) is 0 Å². The smallest absolute Gasteiger partial charge is 0.240 e. The Morgan fingerprint density at radius 3 is 2.52 bits per heavy atom. The summed E-state index contributed by atoms with van der Waals surface area (Å²) in [5.41, 5.74) is 1.79. The fourth-order valence-electron chi connectivity index (χ4n) is 2.83. The third-order valence-corrected chi connectivity index (χ3v) is 6.36. The van der Waals surface area contributed by atoms with Gasteiger partial charge < -0.3 is 9.64 Å². The minimum absolute atomic E-state index is 0.279. The summed E-state index contributed by atoms with van der Waals surface area (Å²) in [7, 11) is -2.12. The van der Waals surface area contributed by atoms with Crippen LogP contribution in [0.25, 0.3) is 6.08 Å². The van der Waals surface area contributed by atoms with Gasteiger partial charge in [0.2, 0.25) is 15.9 Å². The Labute approximate surface area is 189 Å². The number of nitrogens with zero attached hydrogens (tertiary/aromatic N) is 1. The van der Waals surface area contributed by atoms with Crippen molar-refractivity contribution in [3.63, 3.8) is 0 Å². The number of para-hydroxylation sites is 1. The highest BCUT2D eigenvalue weighted by Crippen LogP contribution is 2.16. The van der Waals surface area contributed by atoms with Gasteiger partial charge >= 0.3 is 0 Å². The van der Waals surface area contributed by atoms with E-state index in [1.807, 2.05) is 67.8 Å². The first-order valence-electron chi connectivity index (χ1n) is 10.00. The Bertz CT molecular complexity index is 963. The van der Waals surface area contributed by atoms with E-state index in [4.69, 9.17) is 4.74 Å². The van der Waals surface area contributed by atoms with E-state index in [0.717, 1.165) is 22.3 Å². The maximum Gasteiger partial charge on any atom is 0.240 e. The monoisotopic (exact) mass is 462 g/mol. The zero-order valence-corrected chi connectivity index (χ0v) is 19.8.